The van der Waals surface area contributed by atoms with Gasteiger partial charge in [-0.25, -0.2) is 0 Å². The van der Waals surface area contributed by atoms with Crippen LogP contribution in [0, 0.1) is 28.6 Å². The molecule has 51 heavy (non-hydrogen) atoms. The molecule has 1 heterocycles. The third-order valence-electron chi connectivity index (χ3n) is 15.0. The number of fused-ring (bicyclic) bond motifs is 1. The Morgan fingerprint density at radius 1 is 0.980 bits per heavy atom. The fourth-order valence-electron chi connectivity index (χ4n) is 9.18. The van der Waals surface area contributed by atoms with Gasteiger partial charge in [-0.2, -0.15) is 0 Å². The Balaban J connectivity index is 1.33. The fourth-order valence-corrected chi connectivity index (χ4v) is 11.9. The predicted molar refractivity (Wildman–Crippen MR) is 220 cm³/mol. The van der Waals surface area contributed by atoms with Gasteiger partial charge in [-0.1, -0.05) is 98.8 Å². The van der Waals surface area contributed by atoms with E-state index in [-0.39, 0.29) is 39.2 Å². The van der Waals surface area contributed by atoms with Crippen molar-refractivity contribution in [3.05, 3.63) is 47.6 Å². The van der Waals surface area contributed by atoms with Gasteiger partial charge in [0, 0.05) is 6.42 Å². The molecule has 0 aromatic rings. The molecule has 0 aromatic carbocycles. The van der Waals surface area contributed by atoms with Crippen molar-refractivity contribution in [3.63, 3.8) is 0 Å². The summed E-state index contributed by atoms with van der Waals surface area (Å²) in [5.41, 5.74) is 4.09. The van der Waals surface area contributed by atoms with Crippen LogP contribution in [-0.2, 0) is 13.6 Å². The number of aliphatic hydroxyl groups excluding tert-OH is 1. The van der Waals surface area contributed by atoms with Crippen molar-refractivity contribution in [3.8, 4) is 0 Å². The molecule has 5 aliphatic rings. The number of aliphatic hydroxyl groups is 1. The molecule has 1 N–H and O–H groups in total. The SMILES string of the molecule is C=C1C(=CC=C2CCC[C@]3(C)[C@@H]([C@H](C)C=C[C@@H](O)C4(C5=NCC(CC)O5)CC4)CC[C@@H]23)C[C@@H](O[Si](C)(C)C(C)(C)C)C[C@@H]1O[Si](C)(C)C(C)(C)C. The van der Waals surface area contributed by atoms with Gasteiger partial charge in [-0.05, 0) is 128 Å². The number of hydrogen-bond acceptors (Lipinski definition) is 5. The maximum absolute atomic E-state index is 11.4. The Labute approximate surface area is 315 Å². The third kappa shape index (κ3) is 8.38. The first kappa shape index (κ1) is 40.9. The van der Waals surface area contributed by atoms with Crippen molar-refractivity contribution in [2.24, 2.45) is 33.6 Å². The van der Waals surface area contributed by atoms with E-state index in [0.29, 0.717) is 17.8 Å². The Morgan fingerprint density at radius 2 is 1.63 bits per heavy atom. The van der Waals surface area contributed by atoms with Crippen LogP contribution in [0.15, 0.2) is 52.6 Å². The lowest BCUT2D eigenvalue weighted by Crippen LogP contribution is -2.49. The van der Waals surface area contributed by atoms with Gasteiger partial charge in [0.2, 0.25) is 0 Å². The molecular formula is C44H75NO4Si2. The van der Waals surface area contributed by atoms with Gasteiger partial charge in [-0.3, -0.25) is 4.99 Å². The molecule has 0 saturated heterocycles. The molecule has 7 heteroatoms. The van der Waals surface area contributed by atoms with Crippen LogP contribution in [0.2, 0.25) is 36.3 Å². The van der Waals surface area contributed by atoms with Crippen LogP contribution in [0.4, 0.5) is 0 Å². The van der Waals surface area contributed by atoms with Crippen LogP contribution in [0.1, 0.15) is 127 Å². The lowest BCUT2D eigenvalue weighted by molar-refractivity contribution is 0.0969. The van der Waals surface area contributed by atoms with E-state index in [1.807, 2.05) is 0 Å². The second kappa shape index (κ2) is 14.8. The molecule has 0 amide bonds. The summed E-state index contributed by atoms with van der Waals surface area (Å²) in [7, 11) is -3.96. The molecule has 4 aliphatic carbocycles. The maximum Gasteiger partial charge on any atom is 0.193 e. The summed E-state index contributed by atoms with van der Waals surface area (Å²) in [6.07, 6.45) is 20.1. The van der Waals surface area contributed by atoms with Crippen LogP contribution in [0.25, 0.3) is 0 Å². The normalized spacial score (nSPS) is 34.5. The Bertz CT molecular complexity index is 1410. The van der Waals surface area contributed by atoms with Gasteiger partial charge in [0.05, 0.1) is 30.3 Å². The highest BCUT2D eigenvalue weighted by Crippen LogP contribution is 2.60. The zero-order chi connectivity index (χ0) is 37.8. The first-order valence-corrected chi connectivity index (χ1v) is 26.4. The van der Waals surface area contributed by atoms with Crippen LogP contribution in [0.3, 0.4) is 0 Å². The number of allylic oxidation sites excluding steroid dienone is 4. The molecular weight excluding hydrogens is 663 g/mol. The minimum atomic E-state index is -2.00. The molecule has 5 rings (SSSR count). The van der Waals surface area contributed by atoms with Gasteiger partial charge in [0.1, 0.15) is 6.10 Å². The lowest BCUT2D eigenvalue weighted by Gasteiger charge is -2.45. The molecule has 0 aromatic heterocycles. The molecule has 8 atom stereocenters. The van der Waals surface area contributed by atoms with Crippen molar-refractivity contribution in [2.75, 3.05) is 6.54 Å². The second-order valence-electron chi connectivity index (χ2n) is 20.5. The van der Waals surface area contributed by atoms with Crippen molar-refractivity contribution in [2.45, 2.75) is 187 Å². The monoisotopic (exact) mass is 738 g/mol. The number of nitrogens with zero attached hydrogens (tertiary/aromatic N) is 1. The minimum Gasteiger partial charge on any atom is -0.475 e. The fraction of sp³-hybridized carbons (Fsp3) is 0.795. The molecule has 4 saturated carbocycles. The lowest BCUT2D eigenvalue weighted by atomic mass is 9.61. The van der Waals surface area contributed by atoms with E-state index in [1.54, 1.807) is 5.57 Å². The Morgan fingerprint density at radius 3 is 2.22 bits per heavy atom. The molecule has 0 radical (unpaired) electrons. The highest BCUT2D eigenvalue weighted by Gasteiger charge is 2.56. The topological polar surface area (TPSA) is 60.3 Å². The molecule has 4 fully saturated rings. The van der Waals surface area contributed by atoms with Gasteiger partial charge in [0.15, 0.2) is 22.5 Å². The van der Waals surface area contributed by atoms with E-state index < -0.39 is 22.7 Å². The van der Waals surface area contributed by atoms with Crippen molar-refractivity contribution >= 4 is 22.5 Å². The third-order valence-corrected chi connectivity index (χ3v) is 24.0. The van der Waals surface area contributed by atoms with Crippen molar-refractivity contribution < 1.29 is 18.7 Å². The summed E-state index contributed by atoms with van der Waals surface area (Å²) in [5, 5.41) is 11.7. The summed E-state index contributed by atoms with van der Waals surface area (Å²) in [6, 6.07) is 0. The number of ether oxygens (including phenoxy) is 1. The largest absolute Gasteiger partial charge is 0.475 e. The average Bonchev–Trinajstić information content (AvgIpc) is 3.54. The van der Waals surface area contributed by atoms with Crippen molar-refractivity contribution in [1.29, 1.82) is 0 Å². The molecule has 5 nitrogen and oxygen atoms in total. The van der Waals surface area contributed by atoms with E-state index >= 15 is 0 Å². The first-order chi connectivity index (χ1) is 23.5. The summed E-state index contributed by atoms with van der Waals surface area (Å²) in [4.78, 5) is 4.71. The number of hydrogen-bond donors (Lipinski definition) is 1. The quantitative estimate of drug-likeness (QED) is 0.169. The predicted octanol–water partition coefficient (Wildman–Crippen LogP) is 11.7. The van der Waals surface area contributed by atoms with Gasteiger partial charge < -0.3 is 18.7 Å². The standard InChI is InChI=1S/C44H75NO4Si2/c1-15-34-29-45-40(47-34)44(25-26-44)39(46)23-18-30(2)36-21-22-37-32(17-16-24-43(36,37)10)19-20-33-27-35(48-50(11,12)41(4,5)6)28-38(31(33)3)49-51(13,14)42(7,8)9/h18-20,23,30,34-39,46H,3,15-17,21-22,24-29H2,1-2,4-14H3/t30-,34?,35-,36-,37+,38+,39-,43-/m1/s1. The summed E-state index contributed by atoms with van der Waals surface area (Å²) in [6.45, 7) is 36.0. The smallest absolute Gasteiger partial charge is 0.193 e. The molecule has 0 spiro atoms. The van der Waals surface area contributed by atoms with Gasteiger partial charge in [-0.15, -0.1) is 0 Å². The minimum absolute atomic E-state index is 0.00434. The highest BCUT2D eigenvalue weighted by molar-refractivity contribution is 6.74. The first-order valence-electron chi connectivity index (χ1n) is 20.6. The van der Waals surface area contributed by atoms with Crippen LogP contribution in [-0.4, -0.2) is 58.6 Å². The second-order valence-corrected chi connectivity index (χ2v) is 30.0. The molecule has 0 bridgehead atoms. The van der Waals surface area contributed by atoms with E-state index in [0.717, 1.165) is 44.5 Å². The van der Waals surface area contributed by atoms with Crippen molar-refractivity contribution in [1.82, 2.24) is 0 Å². The zero-order valence-electron chi connectivity index (χ0n) is 35.0. The van der Waals surface area contributed by atoms with Crippen LogP contribution >= 0.6 is 0 Å². The Kier molecular flexibility index (Phi) is 11.8. The summed E-state index contributed by atoms with van der Waals surface area (Å²) >= 11 is 0. The Hall–Kier alpha value is -1.26. The van der Waals surface area contributed by atoms with E-state index in [1.165, 1.54) is 43.3 Å². The maximum atomic E-state index is 11.4. The number of aliphatic imine (C=N–C) groups is 1. The summed E-state index contributed by atoms with van der Waals surface area (Å²) < 4.78 is 20.4. The summed E-state index contributed by atoms with van der Waals surface area (Å²) in [5.74, 6) is 2.43. The van der Waals surface area contributed by atoms with Gasteiger partial charge >= 0.3 is 0 Å². The molecule has 1 aliphatic heterocycles. The van der Waals surface area contributed by atoms with Gasteiger partial charge in [0.25, 0.3) is 0 Å². The van der Waals surface area contributed by atoms with Crippen LogP contribution in [0.5, 0.6) is 0 Å². The van der Waals surface area contributed by atoms with E-state index in [9.17, 15) is 5.11 Å². The van der Waals surface area contributed by atoms with E-state index in [2.05, 4.69) is 113 Å². The van der Waals surface area contributed by atoms with E-state index in [4.69, 9.17) is 25.2 Å². The van der Waals surface area contributed by atoms with Crippen LogP contribution < -0.4 is 0 Å². The number of rotatable bonds is 11. The highest BCUT2D eigenvalue weighted by atomic mass is 28.4. The average molecular weight is 738 g/mol. The molecule has 1 unspecified atom stereocenters. The zero-order valence-corrected chi connectivity index (χ0v) is 37.0. The molecule has 288 valence electrons.